The molecule has 90 valence electrons. The van der Waals surface area contributed by atoms with Gasteiger partial charge < -0.3 is 5.11 Å². The maximum absolute atomic E-state index is 10.8. The number of aliphatic hydroxyl groups is 1. The van der Waals surface area contributed by atoms with Crippen LogP contribution in [0, 0.1) is 35.0 Å². The van der Waals surface area contributed by atoms with Gasteiger partial charge in [-0.05, 0) is 42.9 Å². The minimum atomic E-state index is -0.887. The Hall–Kier alpha value is -0.480. The molecule has 1 heteroatoms. The summed E-state index contributed by atoms with van der Waals surface area (Å²) in [6.45, 7) is 8.95. The summed E-state index contributed by atoms with van der Waals surface area (Å²) in [5, 5.41) is 10.8. The van der Waals surface area contributed by atoms with E-state index in [0.29, 0.717) is 11.3 Å². The van der Waals surface area contributed by atoms with Gasteiger partial charge in [-0.2, -0.15) is 0 Å². The van der Waals surface area contributed by atoms with Crippen LogP contribution in [0.5, 0.6) is 0 Å². The molecule has 2 aliphatic rings. The van der Waals surface area contributed by atoms with Crippen LogP contribution >= 0.6 is 0 Å². The van der Waals surface area contributed by atoms with E-state index >= 15 is 0 Å². The molecule has 0 aromatic carbocycles. The molecule has 2 fully saturated rings. The van der Waals surface area contributed by atoms with E-state index in [9.17, 15) is 5.11 Å². The van der Waals surface area contributed by atoms with Crippen molar-refractivity contribution in [2.45, 2.75) is 59.0 Å². The van der Waals surface area contributed by atoms with Crippen molar-refractivity contribution in [1.82, 2.24) is 0 Å². The van der Waals surface area contributed by atoms with Gasteiger partial charge in [-0.1, -0.05) is 33.6 Å². The summed E-state index contributed by atoms with van der Waals surface area (Å²) in [5.41, 5.74) is -0.525. The Morgan fingerprint density at radius 1 is 1.38 bits per heavy atom. The highest BCUT2D eigenvalue weighted by molar-refractivity contribution is 5.24. The highest BCUT2D eigenvalue weighted by Gasteiger charge is 2.63. The van der Waals surface area contributed by atoms with Gasteiger partial charge in [0.25, 0.3) is 0 Å². The van der Waals surface area contributed by atoms with Gasteiger partial charge in [-0.25, -0.2) is 0 Å². The molecule has 4 atom stereocenters. The van der Waals surface area contributed by atoms with Gasteiger partial charge in [0.1, 0.15) is 5.60 Å². The molecule has 0 saturated heterocycles. The second-order valence-electron chi connectivity index (χ2n) is 6.77. The van der Waals surface area contributed by atoms with Crippen molar-refractivity contribution in [3.05, 3.63) is 0 Å². The maximum Gasteiger partial charge on any atom is 0.133 e. The van der Waals surface area contributed by atoms with E-state index in [1.54, 1.807) is 0 Å². The second-order valence-corrected chi connectivity index (χ2v) is 6.77. The van der Waals surface area contributed by atoms with Gasteiger partial charge >= 0.3 is 0 Å². The molecule has 2 bridgehead atoms. The first-order valence-electron chi connectivity index (χ1n) is 6.50. The Balaban J connectivity index is 2.42. The van der Waals surface area contributed by atoms with Crippen molar-refractivity contribution < 1.29 is 5.11 Å². The van der Waals surface area contributed by atoms with E-state index in [1.165, 1.54) is 6.42 Å². The van der Waals surface area contributed by atoms with Crippen molar-refractivity contribution in [3.63, 3.8) is 0 Å². The predicted octanol–water partition coefficient (Wildman–Crippen LogP) is 3.22. The smallest absolute Gasteiger partial charge is 0.133 e. The van der Waals surface area contributed by atoms with Crippen molar-refractivity contribution >= 4 is 0 Å². The molecule has 0 aliphatic heterocycles. The van der Waals surface area contributed by atoms with Crippen LogP contribution in [0.3, 0.4) is 0 Å². The van der Waals surface area contributed by atoms with Crippen LogP contribution in [0.1, 0.15) is 53.4 Å². The maximum atomic E-state index is 10.8. The van der Waals surface area contributed by atoms with E-state index in [2.05, 4.69) is 33.6 Å². The highest BCUT2D eigenvalue weighted by Crippen LogP contribution is 2.66. The molecular formula is C15H24O. The zero-order valence-electron chi connectivity index (χ0n) is 11.0. The Morgan fingerprint density at radius 2 is 2.00 bits per heavy atom. The lowest BCUT2D eigenvalue weighted by Crippen LogP contribution is -2.54. The Kier molecular flexibility index (Phi) is 2.45. The third-order valence-corrected chi connectivity index (χ3v) is 5.71. The first-order chi connectivity index (χ1) is 7.30. The van der Waals surface area contributed by atoms with Gasteiger partial charge in [0.15, 0.2) is 0 Å². The minimum Gasteiger partial charge on any atom is -0.377 e. The second kappa shape index (κ2) is 3.26. The molecule has 0 amide bonds. The SMILES string of the molecule is C#CC1(O)C(C)CC2(C(C)C)CCC1(C)C2. The summed E-state index contributed by atoms with van der Waals surface area (Å²) in [5.74, 6) is 3.63. The molecule has 0 radical (unpaired) electrons. The van der Waals surface area contributed by atoms with Crippen LogP contribution in [0.2, 0.25) is 0 Å². The third kappa shape index (κ3) is 1.23. The van der Waals surface area contributed by atoms with E-state index in [4.69, 9.17) is 6.42 Å². The standard InChI is InChI=1S/C15H24O/c1-6-15(16)12(4)9-14(11(2)3)8-7-13(15,5)10-14/h1,11-12,16H,7-10H2,2-5H3. The van der Waals surface area contributed by atoms with Crippen LogP contribution in [0.25, 0.3) is 0 Å². The monoisotopic (exact) mass is 220 g/mol. The Labute approximate surface area is 99.6 Å². The first-order valence-corrected chi connectivity index (χ1v) is 6.50. The summed E-state index contributed by atoms with van der Waals surface area (Å²) in [6.07, 6.45) is 10.1. The molecule has 2 aliphatic carbocycles. The first kappa shape index (κ1) is 12.0. The molecule has 0 heterocycles. The van der Waals surface area contributed by atoms with Crippen LogP contribution in [-0.2, 0) is 0 Å². The summed E-state index contributed by atoms with van der Waals surface area (Å²) in [4.78, 5) is 0. The van der Waals surface area contributed by atoms with E-state index in [0.717, 1.165) is 19.3 Å². The van der Waals surface area contributed by atoms with Gasteiger partial charge in [-0.15, -0.1) is 6.42 Å². The zero-order valence-corrected chi connectivity index (χ0v) is 11.0. The summed E-state index contributed by atoms with van der Waals surface area (Å²) in [6, 6.07) is 0. The van der Waals surface area contributed by atoms with Gasteiger partial charge in [0.2, 0.25) is 0 Å². The minimum absolute atomic E-state index is 0.0658. The van der Waals surface area contributed by atoms with Gasteiger partial charge in [-0.3, -0.25) is 0 Å². The number of terminal acetylenes is 1. The quantitative estimate of drug-likeness (QED) is 0.673. The van der Waals surface area contributed by atoms with Crippen LogP contribution < -0.4 is 0 Å². The topological polar surface area (TPSA) is 20.2 Å². The van der Waals surface area contributed by atoms with Gasteiger partial charge in [0.05, 0.1) is 0 Å². The fraction of sp³-hybridized carbons (Fsp3) is 0.867. The van der Waals surface area contributed by atoms with Crippen molar-refractivity contribution in [3.8, 4) is 12.3 Å². The molecule has 2 saturated carbocycles. The lowest BCUT2D eigenvalue weighted by atomic mass is 9.55. The highest BCUT2D eigenvalue weighted by atomic mass is 16.3. The van der Waals surface area contributed by atoms with E-state index < -0.39 is 5.60 Å². The molecule has 16 heavy (non-hydrogen) atoms. The summed E-state index contributed by atoms with van der Waals surface area (Å²) >= 11 is 0. The van der Waals surface area contributed by atoms with Crippen LogP contribution in [0.15, 0.2) is 0 Å². The molecule has 1 N–H and O–H groups in total. The van der Waals surface area contributed by atoms with E-state index in [1.807, 2.05) is 0 Å². The predicted molar refractivity (Wildman–Crippen MR) is 66.8 cm³/mol. The zero-order chi connectivity index (χ0) is 12.2. The van der Waals surface area contributed by atoms with Crippen molar-refractivity contribution in [1.29, 1.82) is 0 Å². The molecule has 4 unspecified atom stereocenters. The Morgan fingerprint density at radius 3 is 2.50 bits per heavy atom. The number of rotatable bonds is 1. The molecule has 0 aromatic rings. The average molecular weight is 220 g/mol. The number of fused-ring (bicyclic) bond motifs is 2. The third-order valence-electron chi connectivity index (χ3n) is 5.71. The molecule has 2 rings (SSSR count). The summed E-state index contributed by atoms with van der Waals surface area (Å²) in [7, 11) is 0. The lowest BCUT2D eigenvalue weighted by molar-refractivity contribution is -0.112. The fourth-order valence-electron chi connectivity index (χ4n) is 4.38. The van der Waals surface area contributed by atoms with E-state index in [-0.39, 0.29) is 11.3 Å². The normalized spacial score (nSPS) is 51.7. The molecular weight excluding hydrogens is 196 g/mol. The number of hydrogen-bond acceptors (Lipinski definition) is 1. The molecule has 0 aromatic heterocycles. The van der Waals surface area contributed by atoms with Crippen molar-refractivity contribution in [2.75, 3.05) is 0 Å². The average Bonchev–Trinajstić information content (AvgIpc) is 2.53. The number of hydrogen-bond donors (Lipinski definition) is 1. The van der Waals surface area contributed by atoms with Gasteiger partial charge in [0, 0.05) is 5.41 Å². The van der Waals surface area contributed by atoms with Crippen LogP contribution in [-0.4, -0.2) is 10.7 Å². The van der Waals surface area contributed by atoms with Crippen molar-refractivity contribution in [2.24, 2.45) is 22.7 Å². The van der Waals surface area contributed by atoms with Crippen LogP contribution in [0.4, 0.5) is 0 Å². The fourth-order valence-corrected chi connectivity index (χ4v) is 4.38. The molecule has 1 nitrogen and oxygen atoms in total. The summed E-state index contributed by atoms with van der Waals surface area (Å²) < 4.78 is 0. The lowest BCUT2D eigenvalue weighted by Gasteiger charge is -2.52. The molecule has 0 spiro atoms. The largest absolute Gasteiger partial charge is 0.377 e. The Bertz CT molecular complexity index is 340.